The van der Waals surface area contributed by atoms with E-state index in [9.17, 15) is 0 Å². The molecule has 0 amide bonds. The van der Waals surface area contributed by atoms with Crippen molar-refractivity contribution in [2.45, 2.75) is 6.42 Å². The van der Waals surface area contributed by atoms with E-state index in [0.29, 0.717) is 0 Å². The molecule has 1 fully saturated rings. The van der Waals surface area contributed by atoms with E-state index < -0.39 is 0 Å². The summed E-state index contributed by atoms with van der Waals surface area (Å²) in [5.41, 5.74) is 3.84. The number of likely N-dealkylation sites (N-methyl/N-ethyl adjacent to an activating group) is 1. The average Bonchev–Trinajstić information content (AvgIpc) is 2.72. The van der Waals surface area contributed by atoms with E-state index in [1.54, 1.807) is 0 Å². The predicted octanol–water partition coefficient (Wildman–Crippen LogP) is 2.17. The topological polar surface area (TPSA) is 19.4 Å². The molecule has 4 heteroatoms. The van der Waals surface area contributed by atoms with Crippen LogP contribution >= 0.6 is 22.6 Å². The fourth-order valence-corrected chi connectivity index (χ4v) is 3.07. The minimum absolute atomic E-state index is 0.997. The van der Waals surface area contributed by atoms with E-state index in [1.807, 2.05) is 6.20 Å². The number of anilines is 1. The fraction of sp³-hybridized carbons (Fsp3) is 0.462. The molecule has 17 heavy (non-hydrogen) atoms. The average molecular weight is 341 g/mol. The van der Waals surface area contributed by atoms with Crippen LogP contribution in [0.25, 0.3) is 3.58 Å². The maximum Gasteiger partial charge on any atom is 0.0560 e. The van der Waals surface area contributed by atoms with Gasteiger partial charge in [-0.3, -0.25) is 4.98 Å². The first-order chi connectivity index (χ1) is 8.24. The lowest BCUT2D eigenvalue weighted by atomic mass is 10.2. The standard InChI is InChI=1S/C13H16IN3/c1-16-4-6-17(7-5-16)10-8-11-12(14)2-3-13(11)15-9-10/h2,8-9H,3-7H2,1H3. The molecular formula is C13H16IN3. The highest BCUT2D eigenvalue weighted by molar-refractivity contribution is 14.1. The second-order valence-electron chi connectivity index (χ2n) is 4.73. The second-order valence-corrected chi connectivity index (χ2v) is 5.90. The van der Waals surface area contributed by atoms with Crippen LogP contribution in [0.1, 0.15) is 11.3 Å². The van der Waals surface area contributed by atoms with Crippen molar-refractivity contribution in [2.24, 2.45) is 0 Å². The number of halogens is 1. The predicted molar refractivity (Wildman–Crippen MR) is 79.6 cm³/mol. The lowest BCUT2D eigenvalue weighted by Gasteiger charge is -2.34. The Bertz CT molecular complexity index is 462. The molecule has 1 aromatic rings. The Kier molecular flexibility index (Phi) is 3.08. The first kappa shape index (κ1) is 11.5. The Hall–Kier alpha value is -0.620. The molecule has 2 heterocycles. The van der Waals surface area contributed by atoms with Gasteiger partial charge in [-0.25, -0.2) is 0 Å². The number of piperazine rings is 1. The van der Waals surface area contributed by atoms with Gasteiger partial charge < -0.3 is 9.80 Å². The Morgan fingerprint density at radius 1 is 1.24 bits per heavy atom. The number of hydrogen-bond acceptors (Lipinski definition) is 3. The molecule has 0 aromatic carbocycles. The third kappa shape index (κ3) is 2.20. The van der Waals surface area contributed by atoms with Crippen LogP contribution in [0, 0.1) is 0 Å². The van der Waals surface area contributed by atoms with Crippen molar-refractivity contribution in [1.82, 2.24) is 9.88 Å². The molecule has 0 saturated carbocycles. The van der Waals surface area contributed by atoms with E-state index >= 15 is 0 Å². The van der Waals surface area contributed by atoms with Gasteiger partial charge in [0.25, 0.3) is 0 Å². The van der Waals surface area contributed by atoms with E-state index in [2.05, 4.69) is 56.6 Å². The van der Waals surface area contributed by atoms with Gasteiger partial charge in [-0.05, 0) is 35.7 Å². The Balaban J connectivity index is 1.85. The summed E-state index contributed by atoms with van der Waals surface area (Å²) in [5.74, 6) is 0. The highest BCUT2D eigenvalue weighted by Gasteiger charge is 2.18. The summed E-state index contributed by atoms with van der Waals surface area (Å²) in [6.45, 7) is 4.50. The smallest absolute Gasteiger partial charge is 0.0560 e. The third-order valence-electron chi connectivity index (χ3n) is 3.56. The molecule has 1 aliphatic heterocycles. The van der Waals surface area contributed by atoms with Crippen molar-refractivity contribution in [2.75, 3.05) is 38.1 Å². The van der Waals surface area contributed by atoms with Crippen LogP contribution in [0.5, 0.6) is 0 Å². The van der Waals surface area contributed by atoms with E-state index in [0.717, 1.165) is 32.6 Å². The zero-order valence-electron chi connectivity index (χ0n) is 9.99. The number of nitrogens with zero attached hydrogens (tertiary/aromatic N) is 3. The molecule has 0 atom stereocenters. The summed E-state index contributed by atoms with van der Waals surface area (Å²) < 4.78 is 1.35. The summed E-state index contributed by atoms with van der Waals surface area (Å²) in [7, 11) is 2.18. The molecule has 0 radical (unpaired) electrons. The molecule has 0 N–H and O–H groups in total. The molecule has 1 aliphatic carbocycles. The van der Waals surface area contributed by atoms with Crippen LogP contribution in [0.3, 0.4) is 0 Å². The Morgan fingerprint density at radius 2 is 2.00 bits per heavy atom. The molecular weight excluding hydrogens is 325 g/mol. The van der Waals surface area contributed by atoms with Crippen molar-refractivity contribution in [3.05, 3.63) is 29.6 Å². The summed E-state index contributed by atoms with van der Waals surface area (Å²) in [4.78, 5) is 9.41. The van der Waals surface area contributed by atoms with Crippen LogP contribution < -0.4 is 4.90 Å². The van der Waals surface area contributed by atoms with Gasteiger partial charge in [0, 0.05) is 41.7 Å². The Morgan fingerprint density at radius 3 is 2.76 bits per heavy atom. The third-order valence-corrected chi connectivity index (χ3v) is 4.58. The zero-order valence-corrected chi connectivity index (χ0v) is 12.1. The lowest BCUT2D eigenvalue weighted by Crippen LogP contribution is -2.44. The number of rotatable bonds is 1. The minimum atomic E-state index is 0.997. The van der Waals surface area contributed by atoms with E-state index in [4.69, 9.17) is 0 Å². The van der Waals surface area contributed by atoms with Crippen molar-refractivity contribution in [1.29, 1.82) is 0 Å². The van der Waals surface area contributed by atoms with Crippen molar-refractivity contribution < 1.29 is 0 Å². The number of hydrogen-bond donors (Lipinski definition) is 0. The maximum absolute atomic E-state index is 4.59. The minimum Gasteiger partial charge on any atom is -0.368 e. The lowest BCUT2D eigenvalue weighted by molar-refractivity contribution is 0.313. The quantitative estimate of drug-likeness (QED) is 0.730. The number of allylic oxidation sites excluding steroid dienone is 1. The maximum atomic E-state index is 4.59. The van der Waals surface area contributed by atoms with Gasteiger partial charge in [-0.2, -0.15) is 0 Å². The molecule has 0 bridgehead atoms. The monoisotopic (exact) mass is 341 g/mol. The summed E-state index contributed by atoms with van der Waals surface area (Å²) in [6, 6.07) is 2.30. The molecule has 1 aromatic heterocycles. The molecule has 0 spiro atoms. The van der Waals surface area contributed by atoms with Gasteiger partial charge in [0.05, 0.1) is 17.6 Å². The largest absolute Gasteiger partial charge is 0.368 e. The molecule has 1 saturated heterocycles. The normalized spacial score (nSPS) is 20.4. The molecule has 3 nitrogen and oxygen atoms in total. The zero-order chi connectivity index (χ0) is 11.8. The molecule has 90 valence electrons. The Labute approximate surface area is 116 Å². The number of fused-ring (bicyclic) bond motifs is 1. The highest BCUT2D eigenvalue weighted by Crippen LogP contribution is 2.33. The van der Waals surface area contributed by atoms with Gasteiger partial charge in [0.1, 0.15) is 0 Å². The SMILES string of the molecule is CN1CCN(c2cnc3c(c2)C(I)=CC3)CC1. The molecule has 2 aliphatic rings. The summed E-state index contributed by atoms with van der Waals surface area (Å²) >= 11 is 2.41. The summed E-state index contributed by atoms with van der Waals surface area (Å²) in [6.07, 6.45) is 5.29. The number of pyridine rings is 1. The first-order valence-electron chi connectivity index (χ1n) is 6.02. The van der Waals surface area contributed by atoms with Crippen LogP contribution in [-0.2, 0) is 6.42 Å². The highest BCUT2D eigenvalue weighted by atomic mass is 127. The van der Waals surface area contributed by atoms with Crippen LogP contribution in [0.4, 0.5) is 5.69 Å². The van der Waals surface area contributed by atoms with Gasteiger partial charge in [-0.15, -0.1) is 0 Å². The van der Waals surface area contributed by atoms with Gasteiger partial charge >= 0.3 is 0 Å². The van der Waals surface area contributed by atoms with Gasteiger partial charge in [-0.1, -0.05) is 6.08 Å². The van der Waals surface area contributed by atoms with Crippen LogP contribution in [0.2, 0.25) is 0 Å². The molecule has 0 unspecified atom stereocenters. The van der Waals surface area contributed by atoms with Crippen molar-refractivity contribution in [3.8, 4) is 0 Å². The second kappa shape index (κ2) is 4.57. The first-order valence-corrected chi connectivity index (χ1v) is 7.10. The van der Waals surface area contributed by atoms with Crippen molar-refractivity contribution in [3.63, 3.8) is 0 Å². The molecule has 3 rings (SSSR count). The number of aromatic nitrogens is 1. The van der Waals surface area contributed by atoms with Crippen molar-refractivity contribution >= 4 is 31.9 Å². The van der Waals surface area contributed by atoms with E-state index in [1.165, 1.54) is 20.5 Å². The summed E-state index contributed by atoms with van der Waals surface area (Å²) in [5, 5.41) is 0. The van der Waals surface area contributed by atoms with Gasteiger partial charge in [0.2, 0.25) is 0 Å². The van der Waals surface area contributed by atoms with Crippen LogP contribution in [-0.4, -0.2) is 43.1 Å². The fourth-order valence-electron chi connectivity index (χ4n) is 2.39. The van der Waals surface area contributed by atoms with Gasteiger partial charge in [0.15, 0.2) is 0 Å². The van der Waals surface area contributed by atoms with Crippen LogP contribution in [0.15, 0.2) is 18.3 Å². The van der Waals surface area contributed by atoms with E-state index in [-0.39, 0.29) is 0 Å².